The van der Waals surface area contributed by atoms with Gasteiger partial charge in [-0.2, -0.15) is 0 Å². The number of hydrogen-bond donors (Lipinski definition) is 2. The lowest BCUT2D eigenvalue weighted by Gasteiger charge is -2.29. The number of rotatable bonds is 6. The number of ether oxygens (including phenoxy) is 1. The molecular weight excluding hydrogens is 261 g/mol. The number of halogens is 1. The first-order chi connectivity index (χ1) is 9.33. The molecule has 0 aliphatic carbocycles. The van der Waals surface area contributed by atoms with Gasteiger partial charge in [-0.15, -0.1) is 0 Å². The van der Waals surface area contributed by atoms with E-state index in [0.29, 0.717) is 29.7 Å². The summed E-state index contributed by atoms with van der Waals surface area (Å²) in [7, 11) is 1.54. The van der Waals surface area contributed by atoms with Crippen molar-refractivity contribution in [2.45, 2.75) is 32.7 Å². The highest BCUT2D eigenvalue weighted by Gasteiger charge is 2.26. The Morgan fingerprint density at radius 1 is 1.40 bits per heavy atom. The number of amides is 1. The molecule has 20 heavy (non-hydrogen) atoms. The monoisotopic (exact) mass is 283 g/mol. The molecule has 1 aromatic carbocycles. The molecule has 4 nitrogen and oxygen atoms in total. The lowest BCUT2D eigenvalue weighted by atomic mass is 9.98. The Morgan fingerprint density at radius 3 is 2.40 bits per heavy atom. The van der Waals surface area contributed by atoms with Crippen molar-refractivity contribution in [1.82, 2.24) is 5.32 Å². The van der Waals surface area contributed by atoms with Gasteiger partial charge in [-0.25, -0.2) is 4.39 Å². The molecule has 0 spiro atoms. The first kappa shape index (κ1) is 16.6. The molecule has 0 fully saturated rings. The third kappa shape index (κ3) is 4.02. The number of benzene rings is 1. The molecule has 0 saturated heterocycles. The first-order valence-electron chi connectivity index (χ1n) is 6.52. The van der Waals surface area contributed by atoms with Crippen LogP contribution in [0.2, 0.25) is 0 Å². The van der Waals surface area contributed by atoms with Crippen molar-refractivity contribution in [2.24, 2.45) is 0 Å². The van der Waals surface area contributed by atoms with Crippen molar-refractivity contribution in [3.63, 3.8) is 0 Å². The average Bonchev–Trinajstić information content (AvgIpc) is 2.35. The van der Waals surface area contributed by atoms with Crippen LogP contribution in [0.15, 0.2) is 12.1 Å². The molecule has 1 unspecified atom stereocenters. The molecule has 1 amide bonds. The van der Waals surface area contributed by atoms with Crippen LogP contribution in [0.3, 0.4) is 0 Å². The third-order valence-electron chi connectivity index (χ3n) is 3.24. The Bertz CT molecular complexity index is 459. The fourth-order valence-electron chi connectivity index (χ4n) is 2.16. The van der Waals surface area contributed by atoms with E-state index in [0.717, 1.165) is 0 Å². The molecule has 2 N–H and O–H groups in total. The van der Waals surface area contributed by atoms with Crippen molar-refractivity contribution in [1.29, 1.82) is 0 Å². The minimum Gasteiger partial charge on any atom is -0.396 e. The average molecular weight is 283 g/mol. The summed E-state index contributed by atoms with van der Waals surface area (Å²) < 4.78 is 18.6. The van der Waals surface area contributed by atoms with E-state index in [9.17, 15) is 9.18 Å². The van der Waals surface area contributed by atoms with Gasteiger partial charge in [0.2, 0.25) is 0 Å². The molecule has 1 atom stereocenters. The van der Waals surface area contributed by atoms with Gasteiger partial charge in [0.05, 0.1) is 12.1 Å². The van der Waals surface area contributed by atoms with E-state index in [1.807, 2.05) is 0 Å². The second kappa shape index (κ2) is 6.81. The van der Waals surface area contributed by atoms with E-state index >= 15 is 0 Å². The fourth-order valence-corrected chi connectivity index (χ4v) is 2.16. The number of methoxy groups -OCH3 is 1. The molecular formula is C15H22FNO3. The summed E-state index contributed by atoms with van der Waals surface area (Å²) in [4.78, 5) is 12.3. The Morgan fingerprint density at radius 2 is 1.95 bits per heavy atom. The van der Waals surface area contributed by atoms with Gasteiger partial charge in [-0.1, -0.05) is 0 Å². The van der Waals surface area contributed by atoms with Gasteiger partial charge in [-0.3, -0.25) is 4.79 Å². The van der Waals surface area contributed by atoms with E-state index in [2.05, 4.69) is 5.32 Å². The Hall–Kier alpha value is -1.46. The van der Waals surface area contributed by atoms with Gasteiger partial charge >= 0.3 is 0 Å². The van der Waals surface area contributed by atoms with Gasteiger partial charge in [0.15, 0.2) is 0 Å². The predicted octanol–water partition coefficient (Wildman–Crippen LogP) is 1.96. The standard InChI is InChI=1S/C15H22FNO3/c1-10-7-12(8-11(2)13(10)16)14(19)17-15(3,5-6-18)9-20-4/h7-8,18H,5-6,9H2,1-4H3,(H,17,19). The maximum absolute atomic E-state index is 13.6. The quantitative estimate of drug-likeness (QED) is 0.839. The summed E-state index contributed by atoms with van der Waals surface area (Å²) in [6, 6.07) is 3.04. The van der Waals surface area contributed by atoms with Crippen molar-refractivity contribution in [3.05, 3.63) is 34.6 Å². The highest BCUT2D eigenvalue weighted by Crippen LogP contribution is 2.17. The van der Waals surface area contributed by atoms with Crippen LogP contribution in [0.1, 0.15) is 34.8 Å². The van der Waals surface area contributed by atoms with Gasteiger partial charge in [-0.05, 0) is 50.5 Å². The summed E-state index contributed by atoms with van der Waals surface area (Å²) >= 11 is 0. The molecule has 0 aliphatic rings. The minimum atomic E-state index is -0.656. The smallest absolute Gasteiger partial charge is 0.251 e. The Labute approximate surface area is 119 Å². The number of hydrogen-bond acceptors (Lipinski definition) is 3. The Balaban J connectivity index is 2.95. The van der Waals surface area contributed by atoms with Crippen molar-refractivity contribution >= 4 is 5.91 Å². The van der Waals surface area contributed by atoms with Crippen LogP contribution in [0, 0.1) is 19.7 Å². The van der Waals surface area contributed by atoms with Crippen LogP contribution < -0.4 is 5.32 Å². The summed E-state index contributed by atoms with van der Waals surface area (Å²) in [5, 5.41) is 11.9. The number of nitrogens with one attached hydrogen (secondary N) is 1. The van der Waals surface area contributed by atoms with Gasteiger partial charge in [0, 0.05) is 19.3 Å². The summed E-state index contributed by atoms with van der Waals surface area (Å²) in [6.45, 7) is 5.29. The molecule has 5 heteroatoms. The number of carbonyl (C=O) groups is 1. The van der Waals surface area contributed by atoms with Gasteiger partial charge < -0.3 is 15.2 Å². The number of aryl methyl sites for hydroxylation is 2. The van der Waals surface area contributed by atoms with Gasteiger partial charge in [0.25, 0.3) is 5.91 Å². The van der Waals surface area contributed by atoms with E-state index in [-0.39, 0.29) is 18.3 Å². The van der Waals surface area contributed by atoms with Crippen LogP contribution in [0.25, 0.3) is 0 Å². The second-order valence-electron chi connectivity index (χ2n) is 5.35. The molecule has 0 heterocycles. The van der Waals surface area contributed by atoms with Crippen LogP contribution in [-0.2, 0) is 4.74 Å². The lowest BCUT2D eigenvalue weighted by molar-refractivity contribution is 0.0725. The summed E-state index contributed by atoms with van der Waals surface area (Å²) in [6.07, 6.45) is 0.381. The second-order valence-corrected chi connectivity index (χ2v) is 5.35. The Kier molecular flexibility index (Phi) is 5.65. The topological polar surface area (TPSA) is 58.6 Å². The highest BCUT2D eigenvalue weighted by molar-refractivity contribution is 5.95. The predicted molar refractivity (Wildman–Crippen MR) is 75.3 cm³/mol. The largest absolute Gasteiger partial charge is 0.396 e. The maximum Gasteiger partial charge on any atom is 0.251 e. The lowest BCUT2D eigenvalue weighted by Crippen LogP contribution is -2.50. The van der Waals surface area contributed by atoms with E-state index in [1.165, 1.54) is 19.2 Å². The SMILES string of the molecule is COCC(C)(CCO)NC(=O)c1cc(C)c(F)c(C)c1. The van der Waals surface area contributed by atoms with Crippen LogP contribution in [-0.4, -0.2) is 36.9 Å². The van der Waals surface area contributed by atoms with Gasteiger partial charge in [0.1, 0.15) is 5.82 Å². The van der Waals surface area contributed by atoms with Crippen LogP contribution >= 0.6 is 0 Å². The first-order valence-corrected chi connectivity index (χ1v) is 6.52. The fraction of sp³-hybridized carbons (Fsp3) is 0.533. The maximum atomic E-state index is 13.6. The molecule has 0 aromatic heterocycles. The highest BCUT2D eigenvalue weighted by atomic mass is 19.1. The van der Waals surface area contributed by atoms with Crippen molar-refractivity contribution in [2.75, 3.05) is 20.3 Å². The van der Waals surface area contributed by atoms with Crippen LogP contribution in [0.5, 0.6) is 0 Å². The van der Waals surface area contributed by atoms with Crippen molar-refractivity contribution in [3.8, 4) is 0 Å². The summed E-state index contributed by atoms with van der Waals surface area (Å²) in [5.74, 6) is -0.597. The zero-order chi connectivity index (χ0) is 15.3. The number of aliphatic hydroxyl groups excluding tert-OH is 1. The van der Waals surface area contributed by atoms with Crippen molar-refractivity contribution < 1.29 is 19.0 Å². The molecule has 112 valence electrons. The zero-order valence-electron chi connectivity index (χ0n) is 12.4. The van der Waals surface area contributed by atoms with Crippen LogP contribution in [0.4, 0.5) is 4.39 Å². The molecule has 1 rings (SSSR count). The van der Waals surface area contributed by atoms with E-state index in [4.69, 9.17) is 9.84 Å². The zero-order valence-corrected chi connectivity index (χ0v) is 12.4. The summed E-state index contributed by atoms with van der Waals surface area (Å²) in [5.41, 5.74) is 0.620. The molecule has 0 saturated carbocycles. The van der Waals surface area contributed by atoms with E-state index < -0.39 is 5.54 Å². The normalized spacial score (nSPS) is 13.9. The minimum absolute atomic E-state index is 0.0540. The third-order valence-corrected chi connectivity index (χ3v) is 3.24. The molecule has 0 aliphatic heterocycles. The molecule has 0 bridgehead atoms. The number of aliphatic hydroxyl groups is 1. The van der Waals surface area contributed by atoms with E-state index in [1.54, 1.807) is 20.8 Å². The number of carbonyl (C=O) groups excluding carboxylic acids is 1. The molecule has 1 aromatic rings. The molecule has 0 radical (unpaired) electrons.